The Morgan fingerprint density at radius 3 is 2.30 bits per heavy atom. The van der Waals surface area contributed by atoms with Crippen molar-refractivity contribution in [3.8, 4) is 0 Å². The third kappa shape index (κ3) is 3.64. The van der Waals surface area contributed by atoms with Crippen molar-refractivity contribution < 1.29 is 4.79 Å². The van der Waals surface area contributed by atoms with Crippen LogP contribution in [0.1, 0.15) is 15.9 Å². The van der Waals surface area contributed by atoms with Gasteiger partial charge >= 0.3 is 0 Å². The van der Waals surface area contributed by atoms with Crippen molar-refractivity contribution >= 4 is 22.6 Å². The van der Waals surface area contributed by atoms with Gasteiger partial charge in [0.2, 0.25) is 0 Å². The van der Waals surface area contributed by atoms with E-state index in [1.54, 1.807) is 12.4 Å². The number of para-hydroxylation sites is 1. The van der Waals surface area contributed by atoms with E-state index in [4.69, 9.17) is 0 Å². The van der Waals surface area contributed by atoms with E-state index >= 15 is 0 Å². The Morgan fingerprint density at radius 1 is 0.867 bits per heavy atom. The normalized spacial score (nSPS) is 14.3. The number of piperazine rings is 1. The van der Waals surface area contributed by atoms with Gasteiger partial charge in [-0.2, -0.15) is 5.10 Å². The summed E-state index contributed by atoms with van der Waals surface area (Å²) in [6.07, 6.45) is 3.47. The van der Waals surface area contributed by atoms with Crippen LogP contribution >= 0.6 is 0 Å². The Morgan fingerprint density at radius 2 is 1.57 bits per heavy atom. The number of hydrogen-bond acceptors (Lipinski definition) is 4. The van der Waals surface area contributed by atoms with Gasteiger partial charge in [-0.25, -0.2) is 9.67 Å². The fourth-order valence-electron chi connectivity index (χ4n) is 3.95. The van der Waals surface area contributed by atoms with Crippen LogP contribution in [0.4, 0.5) is 5.69 Å². The summed E-state index contributed by atoms with van der Waals surface area (Å²) in [5, 5.41) is 5.36. The van der Waals surface area contributed by atoms with Gasteiger partial charge in [-0.05, 0) is 23.8 Å². The third-order valence-corrected chi connectivity index (χ3v) is 5.59. The lowest BCUT2D eigenvalue weighted by Gasteiger charge is -2.36. The van der Waals surface area contributed by atoms with E-state index in [1.165, 1.54) is 11.3 Å². The Hall–Kier alpha value is -3.67. The van der Waals surface area contributed by atoms with Crippen LogP contribution in [0.5, 0.6) is 0 Å². The summed E-state index contributed by atoms with van der Waals surface area (Å²) in [5.41, 5.74) is 3.79. The number of aromatic nitrogens is 3. The van der Waals surface area contributed by atoms with Gasteiger partial charge < -0.3 is 9.80 Å². The van der Waals surface area contributed by atoms with Crippen LogP contribution in [0.15, 0.2) is 79.1 Å². The maximum atomic E-state index is 13.0. The van der Waals surface area contributed by atoms with E-state index in [2.05, 4.69) is 39.2 Å². The zero-order valence-electron chi connectivity index (χ0n) is 16.7. The fraction of sp³-hybridized carbons (Fsp3) is 0.208. The van der Waals surface area contributed by atoms with Gasteiger partial charge in [-0.1, -0.05) is 48.5 Å². The molecule has 1 amide bonds. The number of fused-ring (bicyclic) bond motifs is 1. The molecule has 0 radical (unpaired) electrons. The Bertz CT molecular complexity index is 1150. The minimum absolute atomic E-state index is 0.0351. The van der Waals surface area contributed by atoms with Crippen molar-refractivity contribution in [2.45, 2.75) is 6.54 Å². The average Bonchev–Trinajstić information content (AvgIpc) is 3.22. The first kappa shape index (κ1) is 18.4. The molecule has 0 atom stereocenters. The van der Waals surface area contributed by atoms with Crippen LogP contribution in [0.3, 0.4) is 0 Å². The van der Waals surface area contributed by atoms with E-state index < -0.39 is 0 Å². The Kier molecular flexibility index (Phi) is 4.89. The Balaban J connectivity index is 1.29. The summed E-state index contributed by atoms with van der Waals surface area (Å²) in [4.78, 5) is 21.8. The highest BCUT2D eigenvalue weighted by Gasteiger charge is 2.23. The zero-order valence-corrected chi connectivity index (χ0v) is 16.7. The molecule has 30 heavy (non-hydrogen) atoms. The van der Waals surface area contributed by atoms with Gasteiger partial charge in [-0.15, -0.1) is 0 Å². The molecule has 2 aromatic heterocycles. The molecular formula is C24H23N5O. The number of amides is 1. The first-order valence-corrected chi connectivity index (χ1v) is 10.2. The molecule has 6 heteroatoms. The number of pyridine rings is 1. The molecule has 0 aliphatic carbocycles. The van der Waals surface area contributed by atoms with Crippen LogP contribution in [-0.4, -0.2) is 51.8 Å². The molecule has 0 bridgehead atoms. The summed E-state index contributed by atoms with van der Waals surface area (Å²) < 4.78 is 1.87. The van der Waals surface area contributed by atoms with E-state index in [1.807, 2.05) is 52.0 Å². The third-order valence-electron chi connectivity index (χ3n) is 5.59. The van der Waals surface area contributed by atoms with Crippen LogP contribution in [0, 0.1) is 0 Å². The number of benzene rings is 2. The van der Waals surface area contributed by atoms with Gasteiger partial charge in [0.25, 0.3) is 5.91 Å². The predicted molar refractivity (Wildman–Crippen MR) is 118 cm³/mol. The van der Waals surface area contributed by atoms with Crippen LogP contribution in [0.25, 0.3) is 11.0 Å². The lowest BCUT2D eigenvalue weighted by Crippen LogP contribution is -2.48. The lowest BCUT2D eigenvalue weighted by atomic mass is 10.2. The van der Waals surface area contributed by atoms with Crippen molar-refractivity contribution in [2.24, 2.45) is 0 Å². The molecule has 150 valence electrons. The van der Waals surface area contributed by atoms with Gasteiger partial charge in [0.05, 0.1) is 18.3 Å². The molecule has 1 aliphatic rings. The van der Waals surface area contributed by atoms with E-state index in [-0.39, 0.29) is 5.91 Å². The van der Waals surface area contributed by atoms with Crippen molar-refractivity contribution in [3.63, 3.8) is 0 Å². The highest BCUT2D eigenvalue weighted by Crippen LogP contribution is 2.19. The van der Waals surface area contributed by atoms with Gasteiger partial charge in [-0.3, -0.25) is 4.79 Å². The molecule has 3 heterocycles. The van der Waals surface area contributed by atoms with Gasteiger partial charge in [0.15, 0.2) is 5.65 Å². The fourth-order valence-corrected chi connectivity index (χ4v) is 3.95. The molecule has 6 nitrogen and oxygen atoms in total. The van der Waals surface area contributed by atoms with Crippen molar-refractivity contribution in [1.82, 2.24) is 19.7 Å². The molecule has 0 unspecified atom stereocenters. The van der Waals surface area contributed by atoms with E-state index in [0.29, 0.717) is 25.2 Å². The monoisotopic (exact) mass is 397 g/mol. The standard InChI is InChI=1S/C24H23N5O/c30-24(28-13-11-27(12-14-28)22-9-5-2-6-10-22)21-15-20-17-26-29(23(20)25-16-21)18-19-7-3-1-4-8-19/h1-10,15-17H,11-14,18H2. The number of hydrogen-bond donors (Lipinski definition) is 0. The molecule has 0 spiro atoms. The highest BCUT2D eigenvalue weighted by molar-refractivity contribution is 5.97. The Labute approximate surface area is 175 Å². The van der Waals surface area contributed by atoms with Gasteiger partial charge in [0, 0.05) is 43.4 Å². The lowest BCUT2D eigenvalue weighted by molar-refractivity contribution is 0.0746. The summed E-state index contributed by atoms with van der Waals surface area (Å²) in [6.45, 7) is 3.74. The van der Waals surface area contributed by atoms with E-state index in [9.17, 15) is 4.79 Å². The molecule has 1 saturated heterocycles. The molecule has 1 aliphatic heterocycles. The maximum Gasteiger partial charge on any atom is 0.255 e. The molecule has 0 N–H and O–H groups in total. The highest BCUT2D eigenvalue weighted by atomic mass is 16.2. The molecule has 4 aromatic rings. The van der Waals surface area contributed by atoms with E-state index in [0.717, 1.165) is 24.1 Å². The smallest absolute Gasteiger partial charge is 0.255 e. The largest absolute Gasteiger partial charge is 0.368 e. The van der Waals surface area contributed by atoms with Crippen LogP contribution in [-0.2, 0) is 6.54 Å². The molecule has 0 saturated carbocycles. The summed E-state index contributed by atoms with van der Waals surface area (Å²) >= 11 is 0. The van der Waals surface area contributed by atoms with Crippen LogP contribution < -0.4 is 4.90 Å². The second-order valence-electron chi connectivity index (χ2n) is 7.54. The quantitative estimate of drug-likeness (QED) is 0.529. The minimum Gasteiger partial charge on any atom is -0.368 e. The molecule has 5 rings (SSSR count). The van der Waals surface area contributed by atoms with Crippen LogP contribution in [0.2, 0.25) is 0 Å². The van der Waals surface area contributed by atoms with Crippen molar-refractivity contribution in [2.75, 3.05) is 31.1 Å². The number of carbonyl (C=O) groups is 1. The number of carbonyl (C=O) groups excluding carboxylic acids is 1. The average molecular weight is 397 g/mol. The number of nitrogens with zero attached hydrogens (tertiary/aromatic N) is 5. The zero-order chi connectivity index (χ0) is 20.3. The second-order valence-corrected chi connectivity index (χ2v) is 7.54. The molecule has 1 fully saturated rings. The topological polar surface area (TPSA) is 54.3 Å². The first-order chi connectivity index (χ1) is 14.8. The van der Waals surface area contributed by atoms with Crippen molar-refractivity contribution in [1.29, 1.82) is 0 Å². The predicted octanol–water partition coefficient (Wildman–Crippen LogP) is 3.44. The SMILES string of the molecule is O=C(c1cnc2c(cnn2Cc2ccccc2)c1)N1CCN(c2ccccc2)CC1. The summed E-state index contributed by atoms with van der Waals surface area (Å²) in [7, 11) is 0. The minimum atomic E-state index is 0.0351. The van der Waals surface area contributed by atoms with Crippen molar-refractivity contribution in [3.05, 3.63) is 90.3 Å². The summed E-state index contributed by atoms with van der Waals surface area (Å²) in [6, 6.07) is 22.4. The summed E-state index contributed by atoms with van der Waals surface area (Å²) in [5.74, 6) is 0.0351. The maximum absolute atomic E-state index is 13.0. The molecular weight excluding hydrogens is 374 g/mol. The van der Waals surface area contributed by atoms with Gasteiger partial charge in [0.1, 0.15) is 0 Å². The first-order valence-electron chi connectivity index (χ1n) is 10.2. The second kappa shape index (κ2) is 7.99. The number of anilines is 1. The molecule has 2 aromatic carbocycles. The number of rotatable bonds is 4.